The van der Waals surface area contributed by atoms with Crippen LogP contribution in [0.25, 0.3) is 77.1 Å². The van der Waals surface area contributed by atoms with Crippen molar-refractivity contribution in [2.24, 2.45) is 0 Å². The summed E-state index contributed by atoms with van der Waals surface area (Å²) in [6.45, 7) is 9.13. The van der Waals surface area contributed by atoms with Gasteiger partial charge in [-0.2, -0.15) is 6.07 Å². The fourth-order valence-corrected chi connectivity index (χ4v) is 8.13. The molecular weight excluding hydrogens is 755 g/mol. The number of hydrogen-bond donors (Lipinski definition) is 0. The first kappa shape index (κ1) is 34.0. The van der Waals surface area contributed by atoms with Gasteiger partial charge in [0.05, 0.1) is 16.7 Å². The van der Waals surface area contributed by atoms with Gasteiger partial charge in [0.1, 0.15) is 5.82 Å². The van der Waals surface area contributed by atoms with Crippen molar-refractivity contribution in [2.75, 3.05) is 0 Å². The van der Waals surface area contributed by atoms with Gasteiger partial charge in [0.15, 0.2) is 0 Å². The number of aromatic nitrogens is 4. The summed E-state index contributed by atoms with van der Waals surface area (Å²) in [4.78, 5) is 9.88. The Labute approximate surface area is 327 Å². The van der Waals surface area contributed by atoms with Gasteiger partial charge < -0.3 is 13.7 Å². The summed E-state index contributed by atoms with van der Waals surface area (Å²) >= 11 is 0. The minimum Gasteiger partial charge on any atom is -0.503 e. The Morgan fingerprint density at radius 1 is 0.593 bits per heavy atom. The summed E-state index contributed by atoms with van der Waals surface area (Å²) in [5, 5.41) is 5.37. The molecule has 4 heterocycles. The summed E-state index contributed by atoms with van der Waals surface area (Å²) in [5.74, 6) is 2.84. The van der Waals surface area contributed by atoms with Crippen molar-refractivity contribution in [1.29, 1.82) is 0 Å². The molecular formula is C48H36N4OPd. The van der Waals surface area contributed by atoms with Crippen LogP contribution in [0.5, 0.6) is 11.5 Å². The van der Waals surface area contributed by atoms with Crippen molar-refractivity contribution in [1.82, 2.24) is 18.9 Å². The molecule has 0 bridgehead atoms. The first-order chi connectivity index (χ1) is 25.9. The predicted molar refractivity (Wildman–Crippen MR) is 218 cm³/mol. The minimum atomic E-state index is 0. The van der Waals surface area contributed by atoms with Crippen LogP contribution < -0.4 is 4.74 Å². The standard InChI is InChI=1S/C48H36N4O.Pd/c1-29(2)34-13-11-14-35(30(3)4)47(34)31-19-22-38-36-23-20-32(27-40(36)48-50-41-15-6-8-17-43(41)52(48)44(38)26-31)53-33-21-24-39-37-12-5-7-16-42(37)51(45(39)28-33)46-18-9-10-25-49-46;/h5-26,29-30H,1-4H3;/q-2;+2. The topological polar surface area (TPSA) is 44.3 Å². The number of pyridine rings is 2. The van der Waals surface area contributed by atoms with E-state index in [2.05, 4.69) is 145 Å². The van der Waals surface area contributed by atoms with Gasteiger partial charge in [-0.25, -0.2) is 4.98 Å². The van der Waals surface area contributed by atoms with Crippen LogP contribution in [0.3, 0.4) is 0 Å². The molecule has 4 aromatic heterocycles. The van der Waals surface area contributed by atoms with Gasteiger partial charge in [0, 0.05) is 28.7 Å². The predicted octanol–water partition coefficient (Wildman–Crippen LogP) is 12.6. The molecule has 0 aliphatic rings. The van der Waals surface area contributed by atoms with E-state index in [1.165, 1.54) is 22.3 Å². The smallest absolute Gasteiger partial charge is 0.503 e. The average molecular weight is 791 g/mol. The number of ether oxygens (including phenoxy) is 1. The number of nitrogens with zero attached hydrogens (tertiary/aromatic N) is 4. The molecule has 0 N–H and O–H groups in total. The van der Waals surface area contributed by atoms with Crippen molar-refractivity contribution in [3.05, 3.63) is 157 Å². The van der Waals surface area contributed by atoms with E-state index in [4.69, 9.17) is 9.72 Å². The molecule has 6 heteroatoms. The Kier molecular flexibility index (Phi) is 8.34. The zero-order chi connectivity index (χ0) is 35.8. The number of benzene rings is 6. The van der Waals surface area contributed by atoms with E-state index in [9.17, 15) is 0 Å². The van der Waals surface area contributed by atoms with Crippen LogP contribution in [0.1, 0.15) is 50.7 Å². The zero-order valence-electron chi connectivity index (χ0n) is 30.4. The largest absolute Gasteiger partial charge is 2.00 e. The second kappa shape index (κ2) is 13.3. The van der Waals surface area contributed by atoms with Crippen LogP contribution in [-0.4, -0.2) is 18.9 Å². The molecule has 10 aromatic rings. The molecule has 54 heavy (non-hydrogen) atoms. The molecule has 0 fully saturated rings. The second-order valence-corrected chi connectivity index (χ2v) is 14.5. The molecule has 10 rings (SSSR count). The van der Waals surface area contributed by atoms with Crippen LogP contribution in [-0.2, 0) is 20.4 Å². The van der Waals surface area contributed by atoms with Crippen molar-refractivity contribution >= 4 is 60.2 Å². The van der Waals surface area contributed by atoms with E-state index in [-0.39, 0.29) is 20.4 Å². The quantitative estimate of drug-likeness (QED) is 0.0957. The van der Waals surface area contributed by atoms with Crippen LogP contribution in [0.2, 0.25) is 0 Å². The van der Waals surface area contributed by atoms with Gasteiger partial charge >= 0.3 is 20.4 Å². The molecule has 0 atom stereocenters. The Bertz CT molecular complexity index is 3020. The summed E-state index contributed by atoms with van der Waals surface area (Å²) in [6, 6.07) is 51.9. The average Bonchev–Trinajstić information content (AvgIpc) is 3.74. The molecule has 0 radical (unpaired) electrons. The Morgan fingerprint density at radius 3 is 2.02 bits per heavy atom. The normalized spacial score (nSPS) is 11.9. The monoisotopic (exact) mass is 790 g/mol. The van der Waals surface area contributed by atoms with Crippen LogP contribution >= 0.6 is 0 Å². The van der Waals surface area contributed by atoms with Crippen molar-refractivity contribution < 1.29 is 25.2 Å². The molecule has 0 spiro atoms. The second-order valence-electron chi connectivity index (χ2n) is 14.5. The Hall–Kier alpha value is -5.80. The van der Waals surface area contributed by atoms with Crippen LogP contribution in [0.4, 0.5) is 0 Å². The fraction of sp³-hybridized carbons (Fsp3) is 0.125. The van der Waals surface area contributed by atoms with E-state index in [0.29, 0.717) is 23.3 Å². The van der Waals surface area contributed by atoms with Crippen LogP contribution in [0.15, 0.2) is 134 Å². The third-order valence-corrected chi connectivity index (χ3v) is 10.5. The Balaban J connectivity index is 0.00000384. The molecule has 0 aliphatic carbocycles. The summed E-state index contributed by atoms with van der Waals surface area (Å²) in [5.41, 5.74) is 11.3. The van der Waals surface area contributed by atoms with Gasteiger partial charge in [0.2, 0.25) is 0 Å². The maximum absolute atomic E-state index is 6.58. The van der Waals surface area contributed by atoms with Gasteiger partial charge in [-0.05, 0) is 81.3 Å². The summed E-state index contributed by atoms with van der Waals surface area (Å²) in [7, 11) is 0. The van der Waals surface area contributed by atoms with E-state index in [1.54, 1.807) is 0 Å². The molecule has 0 saturated carbocycles. The van der Waals surface area contributed by atoms with Crippen molar-refractivity contribution in [2.45, 2.75) is 39.5 Å². The number of imidazole rings is 1. The first-order valence-electron chi connectivity index (χ1n) is 18.3. The summed E-state index contributed by atoms with van der Waals surface area (Å²) in [6.07, 6.45) is 1.82. The number of para-hydroxylation sites is 3. The number of hydrogen-bond acceptors (Lipinski definition) is 3. The van der Waals surface area contributed by atoms with E-state index < -0.39 is 0 Å². The maximum atomic E-state index is 6.58. The van der Waals surface area contributed by atoms with Crippen molar-refractivity contribution in [3.63, 3.8) is 0 Å². The van der Waals surface area contributed by atoms with E-state index in [0.717, 1.165) is 66.0 Å². The SMILES string of the molecule is CC(C)c1cccc(C(C)C)c1-c1ccc2c3ccc(Oc4[c-]c5c(cc4)c4ccccc4n5-c4ccccn4)[c-]c3c3nc4ccccc4n3c2c1.[Pd+2]. The number of rotatable bonds is 6. The summed E-state index contributed by atoms with van der Waals surface area (Å²) < 4.78 is 11.0. The minimum absolute atomic E-state index is 0. The van der Waals surface area contributed by atoms with E-state index >= 15 is 0 Å². The Morgan fingerprint density at radius 2 is 1.26 bits per heavy atom. The molecule has 0 saturated heterocycles. The van der Waals surface area contributed by atoms with Crippen LogP contribution in [0, 0.1) is 12.1 Å². The van der Waals surface area contributed by atoms with Gasteiger partial charge in [-0.15, -0.1) is 29.7 Å². The molecule has 264 valence electrons. The third-order valence-electron chi connectivity index (χ3n) is 10.5. The zero-order valence-corrected chi connectivity index (χ0v) is 31.9. The molecule has 5 nitrogen and oxygen atoms in total. The number of fused-ring (bicyclic) bond motifs is 11. The van der Waals surface area contributed by atoms with Gasteiger partial charge in [-0.3, -0.25) is 4.98 Å². The fourth-order valence-electron chi connectivity index (χ4n) is 8.13. The van der Waals surface area contributed by atoms with E-state index in [1.807, 2.05) is 42.6 Å². The molecule has 0 unspecified atom stereocenters. The third kappa shape index (κ3) is 5.32. The molecule has 0 aliphatic heterocycles. The van der Waals surface area contributed by atoms with Gasteiger partial charge in [-0.1, -0.05) is 117 Å². The molecule has 0 amide bonds. The van der Waals surface area contributed by atoms with Gasteiger partial charge in [0.25, 0.3) is 0 Å². The maximum Gasteiger partial charge on any atom is 2.00 e. The molecule has 6 aromatic carbocycles. The first-order valence-corrected chi connectivity index (χ1v) is 18.3. The van der Waals surface area contributed by atoms with Crippen molar-refractivity contribution in [3.8, 4) is 28.4 Å².